The Hall–Kier alpha value is -3.11. The Balaban J connectivity index is 1.93. The molecule has 0 amide bonds. The number of fused-ring (bicyclic) bond motifs is 1. The van der Waals surface area contributed by atoms with Crippen LogP contribution in [0.5, 0.6) is 11.5 Å². The average molecular weight is 435 g/mol. The number of benzene rings is 2. The van der Waals surface area contributed by atoms with Gasteiger partial charge in [-0.3, -0.25) is 0 Å². The molecule has 0 radical (unpaired) electrons. The lowest BCUT2D eigenvalue weighted by Gasteiger charge is -2.21. The maximum Gasteiger partial charge on any atom is 0.337 e. The van der Waals surface area contributed by atoms with Gasteiger partial charge in [0, 0.05) is 13.6 Å². The number of hydrogen-bond donors (Lipinski definition) is 0. The monoisotopic (exact) mass is 435 g/mol. The highest BCUT2D eigenvalue weighted by Gasteiger charge is 2.25. The van der Waals surface area contributed by atoms with Crippen LogP contribution in [0, 0.1) is 0 Å². The smallest absolute Gasteiger partial charge is 0.337 e. The van der Waals surface area contributed by atoms with Crippen molar-refractivity contribution in [1.29, 1.82) is 0 Å². The van der Waals surface area contributed by atoms with Crippen molar-refractivity contribution in [2.45, 2.75) is 11.4 Å². The molecule has 0 unspecified atom stereocenters. The van der Waals surface area contributed by atoms with E-state index < -0.39 is 22.0 Å². The van der Waals surface area contributed by atoms with Gasteiger partial charge in [-0.15, -0.1) is 0 Å². The fraction of sp³-hybridized carbons (Fsp3) is 0.300. The van der Waals surface area contributed by atoms with Crippen LogP contribution in [0.1, 0.15) is 26.3 Å². The van der Waals surface area contributed by atoms with Crippen molar-refractivity contribution in [1.82, 2.24) is 4.31 Å². The van der Waals surface area contributed by atoms with Crippen molar-refractivity contribution in [2.24, 2.45) is 0 Å². The van der Waals surface area contributed by atoms with Gasteiger partial charge in [-0.25, -0.2) is 18.0 Å². The molecule has 1 aliphatic rings. The molecule has 0 atom stereocenters. The summed E-state index contributed by atoms with van der Waals surface area (Å²) in [6.07, 6.45) is 0. The third-order valence-corrected chi connectivity index (χ3v) is 6.25. The Morgan fingerprint density at radius 2 is 1.50 bits per heavy atom. The van der Waals surface area contributed by atoms with Crippen LogP contribution >= 0.6 is 0 Å². The van der Waals surface area contributed by atoms with Crippen molar-refractivity contribution in [3.63, 3.8) is 0 Å². The molecule has 30 heavy (non-hydrogen) atoms. The van der Waals surface area contributed by atoms with Gasteiger partial charge in [0.25, 0.3) is 0 Å². The number of carbonyl (C=O) groups is 2. The molecule has 0 saturated heterocycles. The van der Waals surface area contributed by atoms with Crippen molar-refractivity contribution < 1.29 is 37.0 Å². The van der Waals surface area contributed by atoms with E-state index in [4.69, 9.17) is 9.47 Å². The third-order valence-electron chi connectivity index (χ3n) is 4.47. The Labute approximate surface area is 174 Å². The predicted octanol–water partition coefficient (Wildman–Crippen LogP) is 1.85. The zero-order valence-corrected chi connectivity index (χ0v) is 17.5. The van der Waals surface area contributed by atoms with Gasteiger partial charge in [0.05, 0.1) is 30.2 Å². The third kappa shape index (κ3) is 4.39. The summed E-state index contributed by atoms with van der Waals surface area (Å²) in [5.74, 6) is -0.396. The van der Waals surface area contributed by atoms with Gasteiger partial charge in [0.1, 0.15) is 13.2 Å². The highest BCUT2D eigenvalue weighted by Crippen LogP contribution is 2.31. The number of sulfonamides is 1. The van der Waals surface area contributed by atoms with E-state index in [0.717, 1.165) is 30.7 Å². The quantitative estimate of drug-likeness (QED) is 0.633. The lowest BCUT2D eigenvalue weighted by atomic mass is 10.1. The maximum absolute atomic E-state index is 13.1. The van der Waals surface area contributed by atoms with Crippen molar-refractivity contribution in [2.75, 3.05) is 34.5 Å². The van der Waals surface area contributed by atoms with Crippen molar-refractivity contribution in [3.8, 4) is 11.5 Å². The maximum atomic E-state index is 13.1. The number of nitrogens with zero attached hydrogens (tertiary/aromatic N) is 1. The second-order valence-corrected chi connectivity index (χ2v) is 8.51. The second kappa shape index (κ2) is 8.72. The van der Waals surface area contributed by atoms with Crippen LogP contribution < -0.4 is 9.47 Å². The molecule has 2 aromatic rings. The van der Waals surface area contributed by atoms with E-state index in [9.17, 15) is 18.0 Å². The second-order valence-electron chi connectivity index (χ2n) is 6.47. The Bertz CT molecular complexity index is 1050. The molecule has 10 heteroatoms. The first-order valence-corrected chi connectivity index (χ1v) is 10.4. The molecule has 0 N–H and O–H groups in total. The van der Waals surface area contributed by atoms with Crippen LogP contribution in [-0.4, -0.2) is 59.1 Å². The summed E-state index contributed by atoms with van der Waals surface area (Å²) in [6.45, 7) is 0.913. The summed E-state index contributed by atoms with van der Waals surface area (Å²) in [5, 5.41) is 0. The highest BCUT2D eigenvalue weighted by molar-refractivity contribution is 7.89. The van der Waals surface area contributed by atoms with Crippen molar-refractivity contribution >= 4 is 22.0 Å². The molecule has 1 heterocycles. The molecule has 0 saturated carbocycles. The first-order chi connectivity index (χ1) is 14.3. The molecule has 9 nitrogen and oxygen atoms in total. The summed E-state index contributed by atoms with van der Waals surface area (Å²) >= 11 is 0. The van der Waals surface area contributed by atoms with Gasteiger partial charge in [0.15, 0.2) is 11.5 Å². The SMILES string of the molecule is COC(=O)c1cc(C(=O)OC)cc(S(=O)(=O)N(C)Cc2ccc3c(c2)OCCO3)c1. The van der Waals surface area contributed by atoms with Gasteiger partial charge >= 0.3 is 11.9 Å². The van der Waals surface area contributed by atoms with Crippen molar-refractivity contribution in [3.05, 3.63) is 53.1 Å². The summed E-state index contributed by atoms with van der Waals surface area (Å²) in [7, 11) is -0.320. The first kappa shape index (κ1) is 21.6. The number of hydrogen-bond acceptors (Lipinski definition) is 8. The van der Waals surface area contributed by atoms with Gasteiger partial charge in [-0.05, 0) is 35.9 Å². The van der Waals surface area contributed by atoms with E-state index in [1.807, 2.05) is 0 Å². The summed E-state index contributed by atoms with van der Waals surface area (Å²) < 4.78 is 47.7. The molecule has 0 bridgehead atoms. The molecule has 2 aromatic carbocycles. The molecule has 0 aromatic heterocycles. The van der Waals surface area contributed by atoms with E-state index in [1.54, 1.807) is 18.2 Å². The lowest BCUT2D eigenvalue weighted by Crippen LogP contribution is -2.27. The number of carbonyl (C=O) groups excluding carboxylic acids is 2. The van der Waals surface area contributed by atoms with Crippen LogP contribution in [-0.2, 0) is 26.0 Å². The van der Waals surface area contributed by atoms with Crippen LogP contribution in [0.3, 0.4) is 0 Å². The van der Waals surface area contributed by atoms with Crippen LogP contribution in [0.15, 0.2) is 41.3 Å². The van der Waals surface area contributed by atoms with Gasteiger partial charge < -0.3 is 18.9 Å². The summed E-state index contributed by atoms with van der Waals surface area (Å²) in [4.78, 5) is 23.7. The largest absolute Gasteiger partial charge is 0.486 e. The lowest BCUT2D eigenvalue weighted by molar-refractivity contribution is 0.0598. The van der Waals surface area contributed by atoms with Gasteiger partial charge in [0.2, 0.25) is 10.0 Å². The minimum Gasteiger partial charge on any atom is -0.486 e. The van der Waals surface area contributed by atoms with E-state index in [2.05, 4.69) is 9.47 Å². The zero-order chi connectivity index (χ0) is 21.9. The van der Waals surface area contributed by atoms with E-state index in [1.165, 1.54) is 13.1 Å². The van der Waals surface area contributed by atoms with E-state index in [-0.39, 0.29) is 22.6 Å². The van der Waals surface area contributed by atoms with Gasteiger partial charge in [-0.2, -0.15) is 4.31 Å². The Morgan fingerprint density at radius 1 is 0.933 bits per heavy atom. The molecule has 3 rings (SSSR count). The zero-order valence-electron chi connectivity index (χ0n) is 16.7. The minimum atomic E-state index is -4.04. The van der Waals surface area contributed by atoms with Crippen LogP contribution in [0.25, 0.3) is 0 Å². The molecular weight excluding hydrogens is 414 g/mol. The number of esters is 2. The normalized spacial score (nSPS) is 13.1. The van der Waals surface area contributed by atoms with E-state index in [0.29, 0.717) is 30.3 Å². The number of ether oxygens (including phenoxy) is 4. The number of rotatable bonds is 6. The van der Waals surface area contributed by atoms with Crippen LogP contribution in [0.2, 0.25) is 0 Å². The average Bonchev–Trinajstić information content (AvgIpc) is 2.77. The molecular formula is C20H21NO8S. The molecule has 0 spiro atoms. The summed E-state index contributed by atoms with van der Waals surface area (Å²) in [5.41, 5.74) is 0.529. The fourth-order valence-electron chi connectivity index (χ4n) is 2.93. The number of methoxy groups -OCH3 is 2. The molecule has 0 aliphatic carbocycles. The fourth-order valence-corrected chi connectivity index (χ4v) is 4.16. The van der Waals surface area contributed by atoms with Gasteiger partial charge in [-0.1, -0.05) is 6.07 Å². The van der Waals surface area contributed by atoms with E-state index >= 15 is 0 Å². The molecule has 1 aliphatic heterocycles. The standard InChI is InChI=1S/C20H21NO8S/c1-21(12-13-4-5-17-18(8-13)29-7-6-28-17)30(24,25)16-10-14(19(22)26-2)9-15(11-16)20(23)27-3/h4-5,8-11H,6-7,12H2,1-3H3. The predicted molar refractivity (Wildman–Crippen MR) is 105 cm³/mol. The Morgan fingerprint density at radius 3 is 2.07 bits per heavy atom. The topological polar surface area (TPSA) is 108 Å². The summed E-state index contributed by atoms with van der Waals surface area (Å²) in [6, 6.07) is 8.71. The highest BCUT2D eigenvalue weighted by atomic mass is 32.2. The minimum absolute atomic E-state index is 0.0367. The Kier molecular flexibility index (Phi) is 6.28. The molecule has 0 fully saturated rings. The first-order valence-electron chi connectivity index (χ1n) is 8.93. The molecule has 160 valence electrons. The van der Waals surface area contributed by atoms with Crippen LogP contribution in [0.4, 0.5) is 0 Å².